The molecule has 1 aliphatic heterocycles. The Kier molecular flexibility index (Phi) is 2.41. The van der Waals surface area contributed by atoms with E-state index in [-0.39, 0.29) is 12.0 Å². The maximum Gasteiger partial charge on any atom is 0.254 e. The Balaban J connectivity index is 1.96. The zero-order chi connectivity index (χ0) is 10.1. The molecule has 0 saturated heterocycles. The summed E-state index contributed by atoms with van der Waals surface area (Å²) in [7, 11) is 1.58. The van der Waals surface area contributed by atoms with Crippen LogP contribution in [0.1, 0.15) is 19.8 Å². The van der Waals surface area contributed by atoms with Crippen LogP contribution >= 0.6 is 0 Å². The molecule has 0 radical (unpaired) electrons. The predicted molar refractivity (Wildman–Crippen MR) is 52.0 cm³/mol. The second-order valence-electron chi connectivity index (χ2n) is 3.77. The fourth-order valence-corrected chi connectivity index (χ4v) is 1.36. The van der Waals surface area contributed by atoms with E-state index in [9.17, 15) is 4.79 Å². The van der Waals surface area contributed by atoms with E-state index in [1.54, 1.807) is 7.11 Å². The standard InChI is InChI=1S/C9H15N3O2/c1-5(14-2)7-8(13)12-9(11-7)10-6-3-4-6/h5-7H,3-4H2,1-2H3,(H2,10,11,12,13). The third-order valence-corrected chi connectivity index (χ3v) is 2.51. The Bertz CT molecular complexity index is 273. The van der Waals surface area contributed by atoms with Crippen LogP contribution in [0.15, 0.2) is 4.99 Å². The van der Waals surface area contributed by atoms with Crippen molar-refractivity contribution in [2.24, 2.45) is 4.99 Å². The number of nitrogens with zero attached hydrogens (tertiary/aromatic N) is 1. The van der Waals surface area contributed by atoms with Crippen molar-refractivity contribution >= 4 is 11.9 Å². The summed E-state index contributed by atoms with van der Waals surface area (Å²) in [6.07, 6.45) is 2.16. The minimum Gasteiger partial charge on any atom is -0.379 e. The summed E-state index contributed by atoms with van der Waals surface area (Å²) in [5.41, 5.74) is 0. The van der Waals surface area contributed by atoms with E-state index in [0.29, 0.717) is 12.0 Å². The number of methoxy groups -OCH3 is 1. The average molecular weight is 197 g/mol. The zero-order valence-electron chi connectivity index (χ0n) is 8.41. The summed E-state index contributed by atoms with van der Waals surface area (Å²) >= 11 is 0. The molecule has 0 aromatic rings. The largest absolute Gasteiger partial charge is 0.379 e. The monoisotopic (exact) mass is 197 g/mol. The van der Waals surface area contributed by atoms with Crippen molar-refractivity contribution in [1.29, 1.82) is 0 Å². The molecule has 2 rings (SSSR count). The zero-order valence-corrected chi connectivity index (χ0v) is 8.41. The summed E-state index contributed by atoms with van der Waals surface area (Å²) in [6, 6.07) is 0.104. The van der Waals surface area contributed by atoms with Gasteiger partial charge in [0.1, 0.15) is 0 Å². The van der Waals surface area contributed by atoms with Gasteiger partial charge in [-0.2, -0.15) is 0 Å². The maximum absolute atomic E-state index is 11.4. The molecule has 2 aliphatic rings. The van der Waals surface area contributed by atoms with Crippen molar-refractivity contribution in [2.75, 3.05) is 7.11 Å². The van der Waals surface area contributed by atoms with Crippen LogP contribution in [0.25, 0.3) is 0 Å². The van der Waals surface area contributed by atoms with Crippen LogP contribution in [-0.2, 0) is 9.53 Å². The molecule has 78 valence electrons. The van der Waals surface area contributed by atoms with Gasteiger partial charge in [-0.05, 0) is 19.8 Å². The lowest BCUT2D eigenvalue weighted by Gasteiger charge is -2.11. The van der Waals surface area contributed by atoms with Gasteiger partial charge in [0.05, 0.1) is 6.10 Å². The molecular weight excluding hydrogens is 182 g/mol. The molecule has 2 atom stereocenters. The van der Waals surface area contributed by atoms with E-state index in [4.69, 9.17) is 4.74 Å². The number of aliphatic imine (C=N–C) groups is 1. The summed E-state index contributed by atoms with van der Waals surface area (Å²) in [6.45, 7) is 1.84. The van der Waals surface area contributed by atoms with Crippen molar-refractivity contribution in [3.05, 3.63) is 0 Å². The van der Waals surface area contributed by atoms with Gasteiger partial charge in [0, 0.05) is 13.2 Å². The van der Waals surface area contributed by atoms with Crippen molar-refractivity contribution < 1.29 is 9.53 Å². The van der Waals surface area contributed by atoms with E-state index < -0.39 is 6.04 Å². The van der Waals surface area contributed by atoms with E-state index in [1.807, 2.05) is 6.92 Å². The molecule has 0 spiro atoms. The molecule has 0 bridgehead atoms. The molecular formula is C9H15N3O2. The number of amides is 1. The van der Waals surface area contributed by atoms with Crippen LogP contribution in [0.2, 0.25) is 0 Å². The van der Waals surface area contributed by atoms with E-state index >= 15 is 0 Å². The molecule has 0 aromatic carbocycles. The molecule has 0 aromatic heterocycles. The number of hydrogen-bond donors (Lipinski definition) is 2. The van der Waals surface area contributed by atoms with Crippen LogP contribution in [0.5, 0.6) is 0 Å². The van der Waals surface area contributed by atoms with E-state index in [2.05, 4.69) is 15.6 Å². The first-order chi connectivity index (χ1) is 6.70. The van der Waals surface area contributed by atoms with E-state index in [1.165, 1.54) is 12.8 Å². The number of carbonyl (C=O) groups excluding carboxylic acids is 1. The molecule has 1 amide bonds. The Hall–Kier alpha value is -1.10. The van der Waals surface area contributed by atoms with Gasteiger partial charge in [0.25, 0.3) is 5.91 Å². The van der Waals surface area contributed by atoms with Crippen molar-refractivity contribution in [1.82, 2.24) is 10.6 Å². The van der Waals surface area contributed by atoms with Crippen LogP contribution in [0.3, 0.4) is 0 Å². The summed E-state index contributed by atoms with van der Waals surface area (Å²) in [5.74, 6) is 0.522. The van der Waals surface area contributed by atoms with Crippen molar-refractivity contribution in [3.8, 4) is 0 Å². The van der Waals surface area contributed by atoms with Crippen LogP contribution < -0.4 is 10.6 Å². The summed E-state index contributed by atoms with van der Waals surface area (Å²) < 4.78 is 5.08. The Morgan fingerprint density at radius 1 is 1.64 bits per heavy atom. The van der Waals surface area contributed by atoms with Gasteiger partial charge in [-0.25, -0.2) is 4.99 Å². The quantitative estimate of drug-likeness (QED) is 0.648. The summed E-state index contributed by atoms with van der Waals surface area (Å²) in [4.78, 5) is 15.7. The first-order valence-corrected chi connectivity index (χ1v) is 4.88. The highest BCUT2D eigenvalue weighted by molar-refractivity contribution is 6.05. The molecule has 1 heterocycles. The number of ether oxygens (including phenoxy) is 1. The number of rotatable bonds is 3. The van der Waals surface area contributed by atoms with Gasteiger partial charge in [-0.15, -0.1) is 0 Å². The third kappa shape index (κ3) is 1.87. The van der Waals surface area contributed by atoms with Gasteiger partial charge in [0.2, 0.25) is 0 Å². The van der Waals surface area contributed by atoms with Gasteiger partial charge in [0.15, 0.2) is 12.0 Å². The average Bonchev–Trinajstić information content (AvgIpc) is 2.89. The third-order valence-electron chi connectivity index (χ3n) is 2.51. The van der Waals surface area contributed by atoms with Gasteiger partial charge < -0.3 is 10.1 Å². The molecule has 1 aliphatic carbocycles. The van der Waals surface area contributed by atoms with Crippen LogP contribution in [0.4, 0.5) is 0 Å². The first kappa shape index (κ1) is 9.45. The smallest absolute Gasteiger partial charge is 0.254 e. The Morgan fingerprint density at radius 3 is 2.93 bits per heavy atom. The predicted octanol–water partition coefficient (Wildman–Crippen LogP) is -0.372. The van der Waals surface area contributed by atoms with Crippen LogP contribution in [0, 0.1) is 0 Å². The molecule has 2 N–H and O–H groups in total. The highest BCUT2D eigenvalue weighted by Crippen LogP contribution is 2.19. The Morgan fingerprint density at radius 2 is 2.36 bits per heavy atom. The molecule has 1 fully saturated rings. The maximum atomic E-state index is 11.4. The highest BCUT2D eigenvalue weighted by Gasteiger charge is 2.33. The highest BCUT2D eigenvalue weighted by atomic mass is 16.5. The number of nitrogens with one attached hydrogen (secondary N) is 2. The SMILES string of the molecule is COC(C)C1N=C(NC2CC2)NC1=O. The lowest BCUT2D eigenvalue weighted by Crippen LogP contribution is -2.40. The van der Waals surface area contributed by atoms with Gasteiger partial charge >= 0.3 is 0 Å². The van der Waals surface area contributed by atoms with E-state index in [0.717, 1.165) is 0 Å². The second-order valence-corrected chi connectivity index (χ2v) is 3.77. The second kappa shape index (κ2) is 3.57. The minimum atomic E-state index is -0.402. The molecule has 5 nitrogen and oxygen atoms in total. The fourth-order valence-electron chi connectivity index (χ4n) is 1.36. The molecule has 14 heavy (non-hydrogen) atoms. The van der Waals surface area contributed by atoms with Crippen molar-refractivity contribution in [2.45, 2.75) is 38.0 Å². The topological polar surface area (TPSA) is 62.7 Å². The fraction of sp³-hybridized carbons (Fsp3) is 0.778. The normalized spacial score (nSPS) is 28.3. The minimum absolute atomic E-state index is 0.0810. The molecule has 2 unspecified atom stereocenters. The Labute approximate surface area is 82.9 Å². The lowest BCUT2D eigenvalue weighted by molar-refractivity contribution is -0.122. The number of carbonyl (C=O) groups is 1. The van der Waals surface area contributed by atoms with Crippen molar-refractivity contribution in [3.63, 3.8) is 0 Å². The van der Waals surface area contributed by atoms with Gasteiger partial charge in [-0.3, -0.25) is 10.1 Å². The summed E-state index contributed by atoms with van der Waals surface area (Å²) in [5, 5.41) is 5.87. The lowest BCUT2D eigenvalue weighted by atomic mass is 10.2. The number of guanidine groups is 1. The number of hydrogen-bond acceptors (Lipinski definition) is 4. The molecule has 5 heteroatoms. The first-order valence-electron chi connectivity index (χ1n) is 4.88. The molecule has 1 saturated carbocycles. The van der Waals surface area contributed by atoms with Gasteiger partial charge in [-0.1, -0.05) is 0 Å². The van der Waals surface area contributed by atoms with Crippen LogP contribution in [-0.4, -0.2) is 37.2 Å².